The van der Waals surface area contributed by atoms with E-state index in [1.165, 1.54) is 0 Å². The topological polar surface area (TPSA) is 22.1 Å². The number of nitrogens with zero attached hydrogens (tertiary/aromatic N) is 1. The molecule has 0 radical (unpaired) electrons. The first-order chi connectivity index (χ1) is 6.04. The van der Waals surface area contributed by atoms with Gasteiger partial charge in [0.2, 0.25) is 0 Å². The van der Waals surface area contributed by atoms with Crippen molar-refractivity contribution in [1.29, 1.82) is 0 Å². The first-order valence-corrected chi connectivity index (χ1v) is 4.34. The van der Waals surface area contributed by atoms with E-state index in [1.54, 1.807) is 6.20 Å². The molecule has 0 aliphatic rings. The zero-order valence-corrected chi connectivity index (χ0v) is 12.5. The van der Waals surface area contributed by atoms with Crippen molar-refractivity contribution in [3.63, 3.8) is 0 Å². The van der Waals surface area contributed by atoms with Crippen LogP contribution in [-0.4, -0.2) is 11.6 Å². The van der Waals surface area contributed by atoms with Crippen molar-refractivity contribution in [2.45, 2.75) is 26.2 Å². The minimum Gasteiger partial charge on any atom is -0.550 e. The summed E-state index contributed by atoms with van der Waals surface area (Å²) in [6, 6.07) is 4.89. The van der Waals surface area contributed by atoms with Crippen LogP contribution >= 0.6 is 0 Å². The first kappa shape index (κ1) is 14.6. The van der Waals surface area contributed by atoms with E-state index in [4.69, 9.17) is 4.74 Å². The molecule has 0 atom stereocenters. The number of ether oxygens (including phenoxy) is 1. The summed E-state index contributed by atoms with van der Waals surface area (Å²) in [5.41, 5.74) is 1.09. The Morgan fingerprint density at radius 2 is 2.14 bits per heavy atom. The van der Waals surface area contributed by atoms with E-state index in [0.717, 1.165) is 5.69 Å². The standard InChI is InChI=1S/C11H15NO.K/c1-5-13-9-6-7-10(12-8-9)11(2,3)4;/h7-8H,1,5H2,2-4H3;/q-2;+1. The van der Waals surface area contributed by atoms with Crippen LogP contribution < -0.4 is 56.1 Å². The van der Waals surface area contributed by atoms with E-state index < -0.39 is 0 Å². The van der Waals surface area contributed by atoms with E-state index in [1.807, 2.05) is 6.07 Å². The number of rotatable bonds is 2. The summed E-state index contributed by atoms with van der Waals surface area (Å²) >= 11 is 0. The predicted molar refractivity (Wildman–Crippen MR) is 52.6 cm³/mol. The van der Waals surface area contributed by atoms with Gasteiger partial charge in [0.1, 0.15) is 0 Å². The van der Waals surface area contributed by atoms with E-state index in [2.05, 4.69) is 38.7 Å². The number of aromatic nitrogens is 1. The fourth-order valence-electron chi connectivity index (χ4n) is 0.941. The largest absolute Gasteiger partial charge is 1.00 e. The van der Waals surface area contributed by atoms with Crippen molar-refractivity contribution >= 4 is 0 Å². The Bertz CT molecular complexity index is 264. The van der Waals surface area contributed by atoms with Crippen molar-refractivity contribution in [2.24, 2.45) is 0 Å². The molecule has 0 aliphatic heterocycles. The predicted octanol–water partition coefficient (Wildman–Crippen LogP) is -0.604. The molecule has 0 fully saturated rings. The molecule has 0 N–H and O–H groups in total. The average molecular weight is 216 g/mol. The Kier molecular flexibility index (Phi) is 6.49. The third-order valence-corrected chi connectivity index (χ3v) is 1.70. The smallest absolute Gasteiger partial charge is 0.550 e. The van der Waals surface area contributed by atoms with Crippen molar-refractivity contribution in [2.75, 3.05) is 6.61 Å². The monoisotopic (exact) mass is 216 g/mol. The third kappa shape index (κ3) is 4.40. The second-order valence-corrected chi connectivity index (χ2v) is 3.89. The van der Waals surface area contributed by atoms with Gasteiger partial charge in [0.25, 0.3) is 0 Å². The molecule has 2 nitrogen and oxygen atoms in total. The molecule has 0 saturated carbocycles. The van der Waals surface area contributed by atoms with Crippen LogP contribution in [0.2, 0.25) is 0 Å². The Morgan fingerprint density at radius 3 is 2.50 bits per heavy atom. The summed E-state index contributed by atoms with van der Waals surface area (Å²) in [7, 11) is 0. The summed E-state index contributed by atoms with van der Waals surface area (Å²) in [4.78, 5) is 4.28. The minimum absolute atomic E-state index is 0. The fraction of sp³-hybridized carbons (Fsp3) is 0.455. The van der Waals surface area contributed by atoms with Crippen LogP contribution in [-0.2, 0) is 5.41 Å². The molecule has 0 aromatic carbocycles. The van der Waals surface area contributed by atoms with Crippen LogP contribution in [0.25, 0.3) is 0 Å². The first-order valence-electron chi connectivity index (χ1n) is 4.34. The molecule has 1 heterocycles. The van der Waals surface area contributed by atoms with Crippen molar-refractivity contribution in [1.82, 2.24) is 4.98 Å². The van der Waals surface area contributed by atoms with Gasteiger partial charge in [0.15, 0.2) is 0 Å². The van der Waals surface area contributed by atoms with Gasteiger partial charge in [-0.3, -0.25) is 0 Å². The Balaban J connectivity index is 0.00000169. The summed E-state index contributed by atoms with van der Waals surface area (Å²) in [5, 5.41) is 0. The molecular weight excluding hydrogens is 201 g/mol. The van der Waals surface area contributed by atoms with Gasteiger partial charge in [0, 0.05) is 5.75 Å². The zero-order valence-electron chi connectivity index (χ0n) is 9.42. The molecule has 0 spiro atoms. The van der Waals surface area contributed by atoms with Gasteiger partial charge in [-0.05, 0) is 18.2 Å². The van der Waals surface area contributed by atoms with Crippen LogP contribution in [0.15, 0.2) is 12.3 Å². The Labute approximate surface area is 129 Å². The second kappa shape index (κ2) is 6.23. The molecule has 14 heavy (non-hydrogen) atoms. The molecule has 0 saturated heterocycles. The quantitative estimate of drug-likeness (QED) is 0.486. The van der Waals surface area contributed by atoms with Crippen molar-refractivity contribution in [3.05, 3.63) is 30.9 Å². The van der Waals surface area contributed by atoms with Gasteiger partial charge in [-0.15, -0.1) is 6.07 Å². The summed E-state index contributed by atoms with van der Waals surface area (Å²) < 4.78 is 5.14. The van der Waals surface area contributed by atoms with Crippen LogP contribution in [0.4, 0.5) is 0 Å². The molecule has 1 rings (SSSR count). The summed E-state index contributed by atoms with van der Waals surface area (Å²) in [6.07, 6.45) is 1.69. The van der Waals surface area contributed by atoms with Gasteiger partial charge in [-0.25, -0.2) is 0 Å². The summed E-state index contributed by atoms with van der Waals surface area (Å²) in [5.74, 6) is 0.656. The molecule has 0 amide bonds. The second-order valence-electron chi connectivity index (χ2n) is 3.89. The minimum atomic E-state index is 0. The van der Waals surface area contributed by atoms with E-state index >= 15 is 0 Å². The van der Waals surface area contributed by atoms with Crippen LogP contribution in [0.5, 0.6) is 5.75 Å². The number of hydrogen-bond acceptors (Lipinski definition) is 2. The van der Waals surface area contributed by atoms with Gasteiger partial charge in [-0.1, -0.05) is 26.5 Å². The molecule has 0 unspecified atom stereocenters. The summed E-state index contributed by atoms with van der Waals surface area (Å²) in [6.45, 7) is 10.3. The number of hydrogen-bond donors (Lipinski definition) is 0. The maximum absolute atomic E-state index is 5.14. The maximum atomic E-state index is 5.14. The van der Waals surface area contributed by atoms with Gasteiger partial charge in [-0.2, -0.15) is 6.07 Å². The molecule has 3 heteroatoms. The average Bonchev–Trinajstić information content (AvgIpc) is 2.04. The van der Waals surface area contributed by atoms with E-state index in [-0.39, 0.29) is 56.8 Å². The van der Waals surface area contributed by atoms with E-state index in [0.29, 0.717) is 12.4 Å². The maximum Gasteiger partial charge on any atom is 1.00 e. The third-order valence-electron chi connectivity index (χ3n) is 1.70. The molecule has 0 aliphatic carbocycles. The van der Waals surface area contributed by atoms with Crippen LogP contribution in [0.1, 0.15) is 26.5 Å². The van der Waals surface area contributed by atoms with Crippen LogP contribution in [0, 0.1) is 13.0 Å². The van der Waals surface area contributed by atoms with Crippen molar-refractivity contribution < 1.29 is 56.1 Å². The van der Waals surface area contributed by atoms with Gasteiger partial charge in [0.05, 0.1) is 0 Å². The Hall–Kier alpha value is 0.586. The SMILES string of the molecule is [CH2-]COc1[c-]cc(C(C)(C)C)nc1.[K+]. The normalized spacial score (nSPS) is 10.6. The van der Waals surface area contributed by atoms with Crippen molar-refractivity contribution in [3.8, 4) is 5.75 Å². The van der Waals surface area contributed by atoms with Gasteiger partial charge >= 0.3 is 51.4 Å². The molecule has 72 valence electrons. The fourth-order valence-corrected chi connectivity index (χ4v) is 0.941. The zero-order chi connectivity index (χ0) is 9.90. The van der Waals surface area contributed by atoms with Gasteiger partial charge < -0.3 is 16.6 Å². The molecule has 0 bridgehead atoms. The Morgan fingerprint density at radius 1 is 1.50 bits per heavy atom. The molecule has 1 aromatic rings. The number of pyridine rings is 1. The van der Waals surface area contributed by atoms with Crippen LogP contribution in [0.3, 0.4) is 0 Å². The molecular formula is C11H15KNO-. The molecule has 1 aromatic heterocycles. The van der Waals surface area contributed by atoms with E-state index in [9.17, 15) is 0 Å².